The molecule has 0 fully saturated rings. The molecule has 1 aliphatic rings. The maximum absolute atomic E-state index is 12.1. The highest BCUT2D eigenvalue weighted by Gasteiger charge is 2.32. The highest BCUT2D eigenvalue weighted by atomic mass is 32.2. The summed E-state index contributed by atoms with van der Waals surface area (Å²) < 4.78 is 47.2. The van der Waals surface area contributed by atoms with Crippen LogP contribution in [0, 0.1) is 10.1 Å². The minimum absolute atomic E-state index is 0.0133. The third kappa shape index (κ3) is 3.91. The zero-order valence-corrected chi connectivity index (χ0v) is 12.7. The second-order valence-corrected chi connectivity index (χ2v) is 6.13. The van der Waals surface area contributed by atoms with Gasteiger partial charge in [0.15, 0.2) is 0 Å². The molecule has 1 aliphatic heterocycles. The SMILES string of the molecule is O=[N+]([O-])c1cn2c(n1)SC(COc1ccc(OC(F)(F)F)cc1)C2. The lowest BCUT2D eigenvalue weighted by Gasteiger charge is -2.12. The van der Waals surface area contributed by atoms with Gasteiger partial charge >= 0.3 is 12.2 Å². The molecule has 0 bridgehead atoms. The van der Waals surface area contributed by atoms with E-state index in [9.17, 15) is 23.3 Å². The molecule has 0 radical (unpaired) electrons. The van der Waals surface area contributed by atoms with Crippen LogP contribution in [0.25, 0.3) is 0 Å². The minimum Gasteiger partial charge on any atom is -0.492 e. The van der Waals surface area contributed by atoms with Gasteiger partial charge in [0, 0.05) is 6.54 Å². The van der Waals surface area contributed by atoms with Crippen molar-refractivity contribution in [2.24, 2.45) is 0 Å². The summed E-state index contributed by atoms with van der Waals surface area (Å²) in [5, 5.41) is 11.2. The molecule has 7 nitrogen and oxygen atoms in total. The second kappa shape index (κ2) is 6.23. The van der Waals surface area contributed by atoms with Gasteiger partial charge < -0.3 is 19.6 Å². The number of nitro groups is 1. The van der Waals surface area contributed by atoms with Gasteiger partial charge in [-0.05, 0) is 34.2 Å². The molecule has 2 aromatic rings. The van der Waals surface area contributed by atoms with Gasteiger partial charge in [0.1, 0.15) is 24.3 Å². The van der Waals surface area contributed by atoms with Crippen molar-refractivity contribution >= 4 is 17.6 Å². The molecule has 24 heavy (non-hydrogen) atoms. The van der Waals surface area contributed by atoms with Gasteiger partial charge in [-0.3, -0.25) is 4.57 Å². The Morgan fingerprint density at radius 3 is 2.58 bits per heavy atom. The van der Waals surface area contributed by atoms with Crippen LogP contribution in [0.5, 0.6) is 11.5 Å². The summed E-state index contributed by atoms with van der Waals surface area (Å²) in [5.74, 6) is -0.115. The Morgan fingerprint density at radius 2 is 2.00 bits per heavy atom. The van der Waals surface area contributed by atoms with E-state index >= 15 is 0 Å². The fraction of sp³-hybridized carbons (Fsp3) is 0.308. The van der Waals surface area contributed by atoms with Crippen molar-refractivity contribution in [3.8, 4) is 11.5 Å². The number of hydrogen-bond donors (Lipinski definition) is 0. The Labute approximate surface area is 137 Å². The average Bonchev–Trinajstić information content (AvgIpc) is 3.03. The number of ether oxygens (including phenoxy) is 2. The van der Waals surface area contributed by atoms with E-state index in [-0.39, 0.29) is 16.8 Å². The van der Waals surface area contributed by atoms with Crippen molar-refractivity contribution < 1.29 is 27.6 Å². The number of nitrogens with zero attached hydrogens (tertiary/aromatic N) is 3. The maximum Gasteiger partial charge on any atom is 0.573 e. The van der Waals surface area contributed by atoms with Crippen molar-refractivity contribution in [3.05, 3.63) is 40.6 Å². The monoisotopic (exact) mass is 361 g/mol. The predicted molar refractivity (Wildman–Crippen MR) is 77.1 cm³/mol. The molecular formula is C13H10F3N3O4S. The van der Waals surface area contributed by atoms with E-state index in [1.165, 1.54) is 42.2 Å². The molecule has 1 atom stereocenters. The van der Waals surface area contributed by atoms with E-state index in [0.29, 0.717) is 24.1 Å². The average molecular weight is 361 g/mol. The zero-order valence-electron chi connectivity index (χ0n) is 11.9. The molecule has 0 saturated carbocycles. The van der Waals surface area contributed by atoms with Crippen molar-refractivity contribution in [1.29, 1.82) is 0 Å². The van der Waals surface area contributed by atoms with Crippen LogP contribution in [0.4, 0.5) is 19.0 Å². The van der Waals surface area contributed by atoms with Gasteiger partial charge in [0.25, 0.3) is 5.16 Å². The molecule has 0 N–H and O–H groups in total. The quantitative estimate of drug-likeness (QED) is 0.601. The van der Waals surface area contributed by atoms with Crippen molar-refractivity contribution in [2.45, 2.75) is 23.3 Å². The van der Waals surface area contributed by atoms with Gasteiger partial charge in [0.2, 0.25) is 0 Å². The van der Waals surface area contributed by atoms with Gasteiger partial charge in [-0.1, -0.05) is 11.8 Å². The third-order valence-electron chi connectivity index (χ3n) is 3.08. The summed E-state index contributed by atoms with van der Waals surface area (Å²) in [6.07, 6.45) is -3.36. The molecule has 128 valence electrons. The zero-order chi connectivity index (χ0) is 17.3. The number of hydrogen-bond acceptors (Lipinski definition) is 6. The number of halogens is 3. The number of imidazole rings is 1. The van der Waals surface area contributed by atoms with Crippen molar-refractivity contribution in [1.82, 2.24) is 9.55 Å². The topological polar surface area (TPSA) is 79.4 Å². The van der Waals surface area contributed by atoms with Crippen LogP contribution in [0.1, 0.15) is 0 Å². The number of fused-ring (bicyclic) bond motifs is 1. The van der Waals surface area contributed by atoms with Gasteiger partial charge in [-0.15, -0.1) is 13.2 Å². The molecule has 0 spiro atoms. The first-order valence-corrected chi connectivity index (χ1v) is 7.55. The number of aromatic nitrogens is 2. The summed E-state index contributed by atoms with van der Waals surface area (Å²) >= 11 is 1.35. The summed E-state index contributed by atoms with van der Waals surface area (Å²) in [7, 11) is 0. The molecule has 11 heteroatoms. The van der Waals surface area contributed by atoms with Crippen LogP contribution < -0.4 is 9.47 Å². The number of rotatable bonds is 5. The largest absolute Gasteiger partial charge is 0.573 e. The van der Waals surface area contributed by atoms with Crippen molar-refractivity contribution in [2.75, 3.05) is 6.61 Å². The van der Waals surface area contributed by atoms with Crippen LogP contribution in [-0.4, -0.2) is 32.7 Å². The lowest BCUT2D eigenvalue weighted by molar-refractivity contribution is -0.389. The lowest BCUT2D eigenvalue weighted by Crippen LogP contribution is -2.17. The smallest absolute Gasteiger partial charge is 0.492 e. The van der Waals surface area contributed by atoms with E-state index in [1.807, 2.05) is 0 Å². The lowest BCUT2D eigenvalue weighted by atomic mass is 10.3. The summed E-state index contributed by atoms with van der Waals surface area (Å²) in [5.41, 5.74) is 0. The molecule has 3 rings (SSSR count). The van der Waals surface area contributed by atoms with Gasteiger partial charge in [0.05, 0.1) is 5.25 Å². The Balaban J connectivity index is 1.52. The molecule has 1 unspecified atom stereocenters. The fourth-order valence-electron chi connectivity index (χ4n) is 2.12. The Hall–Kier alpha value is -2.43. The second-order valence-electron chi connectivity index (χ2n) is 4.86. The molecule has 0 aliphatic carbocycles. The van der Waals surface area contributed by atoms with Crippen LogP contribution in [0.15, 0.2) is 35.6 Å². The molecule has 1 aromatic carbocycles. The molecule has 1 aromatic heterocycles. The normalized spacial score (nSPS) is 16.7. The first kappa shape index (κ1) is 16.4. The van der Waals surface area contributed by atoms with Crippen LogP contribution in [0.2, 0.25) is 0 Å². The Bertz CT molecular complexity index is 724. The summed E-state index contributed by atoms with van der Waals surface area (Å²) in [6, 6.07) is 5.09. The first-order chi connectivity index (χ1) is 11.3. The van der Waals surface area contributed by atoms with Crippen LogP contribution in [-0.2, 0) is 6.54 Å². The summed E-state index contributed by atoms with van der Waals surface area (Å²) in [6.45, 7) is 0.803. The van der Waals surface area contributed by atoms with E-state index < -0.39 is 11.3 Å². The Morgan fingerprint density at radius 1 is 1.33 bits per heavy atom. The van der Waals surface area contributed by atoms with E-state index in [1.54, 1.807) is 4.57 Å². The van der Waals surface area contributed by atoms with Crippen molar-refractivity contribution in [3.63, 3.8) is 0 Å². The molecule has 0 saturated heterocycles. The standard InChI is InChI=1S/C13H10F3N3O4S/c14-13(15,16)23-9-3-1-8(2-4-9)22-7-10-5-18-6-11(19(20)21)17-12(18)24-10/h1-4,6,10H,5,7H2. The molecule has 2 heterocycles. The Kier molecular flexibility index (Phi) is 4.26. The predicted octanol–water partition coefficient (Wildman–Crippen LogP) is 3.24. The fourth-order valence-corrected chi connectivity index (χ4v) is 3.20. The highest BCUT2D eigenvalue weighted by Crippen LogP contribution is 2.33. The molecule has 0 amide bonds. The van der Waals surface area contributed by atoms with Gasteiger partial charge in [-0.2, -0.15) is 0 Å². The third-order valence-corrected chi connectivity index (χ3v) is 4.23. The van der Waals surface area contributed by atoms with E-state index in [2.05, 4.69) is 9.72 Å². The molecular weight excluding hydrogens is 351 g/mol. The van der Waals surface area contributed by atoms with E-state index in [0.717, 1.165) is 0 Å². The maximum atomic E-state index is 12.1. The minimum atomic E-state index is -4.73. The first-order valence-electron chi connectivity index (χ1n) is 6.67. The van der Waals surface area contributed by atoms with Crippen LogP contribution >= 0.6 is 11.8 Å². The summed E-state index contributed by atoms with van der Waals surface area (Å²) in [4.78, 5) is 14.0. The number of benzene rings is 1. The number of alkyl halides is 3. The number of thioether (sulfide) groups is 1. The van der Waals surface area contributed by atoms with Gasteiger partial charge in [-0.25, -0.2) is 0 Å². The van der Waals surface area contributed by atoms with Crippen LogP contribution in [0.3, 0.4) is 0 Å². The van der Waals surface area contributed by atoms with E-state index in [4.69, 9.17) is 4.74 Å². The highest BCUT2D eigenvalue weighted by molar-refractivity contribution is 8.00.